The summed E-state index contributed by atoms with van der Waals surface area (Å²) < 4.78 is 6.96. The van der Waals surface area contributed by atoms with E-state index in [2.05, 4.69) is 39.6 Å². The number of rotatable bonds is 5. The number of aromatic nitrogens is 4. The summed E-state index contributed by atoms with van der Waals surface area (Å²) in [6.45, 7) is 2.82. The third-order valence-electron chi connectivity index (χ3n) is 3.21. The molecule has 3 rings (SSSR count). The van der Waals surface area contributed by atoms with Crippen molar-refractivity contribution in [2.45, 2.75) is 13.3 Å². The van der Waals surface area contributed by atoms with Crippen molar-refractivity contribution in [3.8, 4) is 11.5 Å². The summed E-state index contributed by atoms with van der Waals surface area (Å²) >= 11 is 0. The van der Waals surface area contributed by atoms with Crippen LogP contribution in [0.1, 0.15) is 11.5 Å². The largest absolute Gasteiger partial charge is 0.384 e. The Kier molecular flexibility index (Phi) is 3.68. The van der Waals surface area contributed by atoms with Gasteiger partial charge >= 0.3 is 0 Å². The first-order chi connectivity index (χ1) is 10.2. The van der Waals surface area contributed by atoms with E-state index in [1.54, 1.807) is 4.68 Å². The highest BCUT2D eigenvalue weighted by Gasteiger charge is 2.10. The minimum atomic E-state index is 0.529. The third kappa shape index (κ3) is 3.10. The maximum absolute atomic E-state index is 5.25. The second-order valence-corrected chi connectivity index (χ2v) is 4.88. The molecule has 0 fully saturated rings. The Morgan fingerprint density at radius 3 is 2.86 bits per heavy atom. The summed E-state index contributed by atoms with van der Waals surface area (Å²) in [5.41, 5.74) is 3.07. The highest BCUT2D eigenvalue weighted by atomic mass is 16.5. The van der Waals surface area contributed by atoms with Crippen LogP contribution in [0.3, 0.4) is 0 Å². The van der Waals surface area contributed by atoms with E-state index in [0.717, 1.165) is 17.9 Å². The lowest BCUT2D eigenvalue weighted by atomic mass is 10.2. The lowest BCUT2D eigenvalue weighted by molar-refractivity contribution is 0.381. The van der Waals surface area contributed by atoms with Gasteiger partial charge in [0.05, 0.1) is 0 Å². The molecule has 0 amide bonds. The molecule has 1 aromatic carbocycles. The fraction of sp³-hybridized carbons (Fsp3) is 0.267. The van der Waals surface area contributed by atoms with E-state index in [-0.39, 0.29) is 0 Å². The SMILES string of the molecule is Cc1ccccc1NCCc1nc(-c2ccn(C)n2)no1. The number of aryl methyl sites for hydroxylation is 2. The van der Waals surface area contributed by atoms with Crippen molar-refractivity contribution in [1.82, 2.24) is 19.9 Å². The topological polar surface area (TPSA) is 68.8 Å². The summed E-state index contributed by atoms with van der Waals surface area (Å²) in [5.74, 6) is 1.14. The van der Waals surface area contributed by atoms with E-state index in [9.17, 15) is 0 Å². The third-order valence-corrected chi connectivity index (χ3v) is 3.21. The average Bonchev–Trinajstić information content (AvgIpc) is 3.10. The first-order valence-electron chi connectivity index (χ1n) is 6.84. The van der Waals surface area contributed by atoms with Gasteiger partial charge in [-0.05, 0) is 24.6 Å². The minimum Gasteiger partial charge on any atom is -0.384 e. The number of hydrogen-bond donors (Lipinski definition) is 1. The molecule has 0 unspecified atom stereocenters. The molecule has 0 saturated heterocycles. The lowest BCUT2D eigenvalue weighted by Gasteiger charge is -2.07. The molecule has 1 N–H and O–H groups in total. The van der Waals surface area contributed by atoms with Crippen molar-refractivity contribution in [3.63, 3.8) is 0 Å². The monoisotopic (exact) mass is 283 g/mol. The summed E-state index contributed by atoms with van der Waals surface area (Å²) in [7, 11) is 1.86. The summed E-state index contributed by atoms with van der Waals surface area (Å²) in [4.78, 5) is 4.35. The molecule has 0 bridgehead atoms. The van der Waals surface area contributed by atoms with Gasteiger partial charge in [-0.25, -0.2) is 0 Å². The zero-order chi connectivity index (χ0) is 14.7. The van der Waals surface area contributed by atoms with Crippen molar-refractivity contribution >= 4 is 5.69 Å². The molecule has 2 aromatic heterocycles. The van der Waals surface area contributed by atoms with Crippen LogP contribution in [-0.2, 0) is 13.5 Å². The van der Waals surface area contributed by atoms with Crippen LogP contribution in [0, 0.1) is 6.92 Å². The van der Waals surface area contributed by atoms with Crippen molar-refractivity contribution in [1.29, 1.82) is 0 Å². The molecule has 0 atom stereocenters. The van der Waals surface area contributed by atoms with Gasteiger partial charge in [-0.15, -0.1) is 0 Å². The maximum Gasteiger partial charge on any atom is 0.228 e. The van der Waals surface area contributed by atoms with E-state index < -0.39 is 0 Å². The Labute approximate surface area is 122 Å². The lowest BCUT2D eigenvalue weighted by Crippen LogP contribution is -2.06. The van der Waals surface area contributed by atoms with Crippen LogP contribution in [0.5, 0.6) is 0 Å². The first-order valence-corrected chi connectivity index (χ1v) is 6.84. The normalized spacial score (nSPS) is 10.8. The van der Waals surface area contributed by atoms with Crippen LogP contribution in [0.25, 0.3) is 11.5 Å². The zero-order valence-electron chi connectivity index (χ0n) is 12.1. The second-order valence-electron chi connectivity index (χ2n) is 4.88. The van der Waals surface area contributed by atoms with Gasteiger partial charge in [0.2, 0.25) is 11.7 Å². The van der Waals surface area contributed by atoms with E-state index in [1.165, 1.54) is 5.56 Å². The summed E-state index contributed by atoms with van der Waals surface area (Å²) in [6, 6.07) is 10.0. The van der Waals surface area contributed by atoms with Gasteiger partial charge in [-0.3, -0.25) is 4.68 Å². The van der Waals surface area contributed by atoms with Crippen molar-refractivity contribution in [2.75, 3.05) is 11.9 Å². The van der Waals surface area contributed by atoms with Crippen LogP contribution >= 0.6 is 0 Å². The van der Waals surface area contributed by atoms with Crippen LogP contribution in [0.15, 0.2) is 41.1 Å². The Morgan fingerprint density at radius 2 is 2.10 bits per heavy atom. The summed E-state index contributed by atoms with van der Waals surface area (Å²) in [5, 5.41) is 11.6. The van der Waals surface area contributed by atoms with Crippen LogP contribution in [-0.4, -0.2) is 26.5 Å². The fourth-order valence-electron chi connectivity index (χ4n) is 2.07. The Bertz CT molecular complexity index is 731. The molecule has 3 aromatic rings. The Hall–Kier alpha value is -2.63. The van der Waals surface area contributed by atoms with Gasteiger partial charge in [-0.1, -0.05) is 23.4 Å². The number of para-hydroxylation sites is 1. The smallest absolute Gasteiger partial charge is 0.228 e. The number of nitrogens with zero attached hydrogens (tertiary/aromatic N) is 4. The van der Waals surface area contributed by atoms with Gasteiger partial charge in [0.25, 0.3) is 0 Å². The quantitative estimate of drug-likeness (QED) is 0.779. The fourth-order valence-corrected chi connectivity index (χ4v) is 2.07. The standard InChI is InChI=1S/C15H17N5O/c1-11-5-3-4-6-12(11)16-9-7-14-17-15(19-21-14)13-8-10-20(2)18-13/h3-6,8,10,16H,7,9H2,1-2H3. The summed E-state index contributed by atoms with van der Waals surface area (Å²) in [6.07, 6.45) is 2.53. The van der Waals surface area contributed by atoms with Crippen LogP contribution in [0.4, 0.5) is 5.69 Å². The maximum atomic E-state index is 5.25. The van der Waals surface area contributed by atoms with Gasteiger partial charge in [-0.2, -0.15) is 10.1 Å². The van der Waals surface area contributed by atoms with E-state index in [1.807, 2.05) is 31.4 Å². The van der Waals surface area contributed by atoms with Crippen molar-refractivity contribution in [3.05, 3.63) is 48.0 Å². The van der Waals surface area contributed by atoms with Crippen molar-refractivity contribution < 1.29 is 4.52 Å². The van der Waals surface area contributed by atoms with Crippen LogP contribution < -0.4 is 5.32 Å². The number of anilines is 1. The molecule has 0 aliphatic rings. The molecule has 6 nitrogen and oxygen atoms in total. The van der Waals surface area contributed by atoms with Gasteiger partial charge < -0.3 is 9.84 Å². The minimum absolute atomic E-state index is 0.529. The predicted octanol–water partition coefficient (Wildman–Crippen LogP) is 2.43. The molecule has 2 heterocycles. The van der Waals surface area contributed by atoms with Gasteiger partial charge in [0.1, 0.15) is 5.69 Å². The zero-order valence-corrected chi connectivity index (χ0v) is 12.1. The predicted molar refractivity (Wildman–Crippen MR) is 79.9 cm³/mol. The molecule has 0 aliphatic carbocycles. The van der Waals surface area contributed by atoms with Gasteiger partial charge in [0.15, 0.2) is 0 Å². The highest BCUT2D eigenvalue weighted by Crippen LogP contribution is 2.14. The highest BCUT2D eigenvalue weighted by molar-refractivity contribution is 5.50. The average molecular weight is 283 g/mol. The van der Waals surface area contributed by atoms with Gasteiger partial charge in [0, 0.05) is 31.9 Å². The number of benzene rings is 1. The molecular formula is C15H17N5O. The molecule has 6 heteroatoms. The molecule has 0 radical (unpaired) electrons. The van der Waals surface area contributed by atoms with E-state index >= 15 is 0 Å². The second kappa shape index (κ2) is 5.78. The Morgan fingerprint density at radius 1 is 1.24 bits per heavy atom. The molecule has 0 spiro atoms. The molecule has 0 saturated carbocycles. The van der Waals surface area contributed by atoms with E-state index in [0.29, 0.717) is 18.1 Å². The van der Waals surface area contributed by atoms with Crippen LogP contribution in [0.2, 0.25) is 0 Å². The molecule has 108 valence electrons. The molecule has 21 heavy (non-hydrogen) atoms. The number of nitrogens with one attached hydrogen (secondary N) is 1. The van der Waals surface area contributed by atoms with E-state index in [4.69, 9.17) is 4.52 Å². The Balaban J connectivity index is 1.59. The molecule has 0 aliphatic heterocycles. The molecular weight excluding hydrogens is 266 g/mol. The first kappa shape index (κ1) is 13.4. The number of hydrogen-bond acceptors (Lipinski definition) is 5. The van der Waals surface area contributed by atoms with Crippen molar-refractivity contribution in [2.24, 2.45) is 7.05 Å².